The van der Waals surface area contributed by atoms with Crippen LogP contribution in [0.15, 0.2) is 53.5 Å². The number of likely N-dealkylation sites (tertiary alicyclic amines) is 1. The molecule has 4 aromatic heterocycles. The highest BCUT2D eigenvalue weighted by atomic mass is 16.5. The third-order valence-electron chi connectivity index (χ3n) is 7.43. The molecular formula is C28H33N9O2. The third kappa shape index (κ3) is 4.92. The lowest BCUT2D eigenvalue weighted by Crippen LogP contribution is -2.35. The zero-order valence-electron chi connectivity index (χ0n) is 22.5. The topological polar surface area (TPSA) is 125 Å². The van der Waals surface area contributed by atoms with E-state index in [-0.39, 0.29) is 6.04 Å². The monoisotopic (exact) mass is 527 g/mol. The fourth-order valence-corrected chi connectivity index (χ4v) is 5.27. The lowest BCUT2D eigenvalue weighted by molar-refractivity contribution is 0.170. The van der Waals surface area contributed by atoms with Gasteiger partial charge in [0.1, 0.15) is 40.9 Å². The second kappa shape index (κ2) is 10.4. The molecule has 1 saturated heterocycles. The number of nitrogens with one attached hydrogen (secondary N) is 1. The number of aromatic nitrogens is 6. The van der Waals surface area contributed by atoms with Gasteiger partial charge < -0.3 is 24.8 Å². The van der Waals surface area contributed by atoms with Crippen LogP contribution in [0.2, 0.25) is 0 Å². The number of ether oxygens (including phenoxy) is 1. The van der Waals surface area contributed by atoms with Gasteiger partial charge in [0.25, 0.3) is 0 Å². The van der Waals surface area contributed by atoms with E-state index in [9.17, 15) is 0 Å². The van der Waals surface area contributed by atoms with Crippen molar-refractivity contribution in [3.05, 3.63) is 66.4 Å². The number of nitrogen functional groups attached to an aromatic ring is 1. The number of imidazole rings is 1. The number of rotatable bonds is 8. The number of hydrogen-bond acceptors (Lipinski definition) is 9. The lowest BCUT2D eigenvalue weighted by Gasteiger charge is -2.31. The largest absolute Gasteiger partial charge is 0.495 e. The van der Waals surface area contributed by atoms with Crippen LogP contribution in [0.25, 0.3) is 22.3 Å². The van der Waals surface area contributed by atoms with Crippen molar-refractivity contribution in [3.8, 4) is 17.0 Å². The molecule has 0 unspecified atom stereocenters. The number of anilines is 2. The summed E-state index contributed by atoms with van der Waals surface area (Å²) in [5, 5.41) is 9.23. The van der Waals surface area contributed by atoms with Crippen molar-refractivity contribution >= 4 is 22.5 Å². The first-order valence-corrected chi connectivity index (χ1v) is 13.1. The average molecular weight is 528 g/mol. The Morgan fingerprint density at radius 1 is 1.13 bits per heavy atom. The molecule has 1 aromatic carbocycles. The van der Waals surface area contributed by atoms with E-state index in [0.29, 0.717) is 18.1 Å². The minimum atomic E-state index is 0.216. The van der Waals surface area contributed by atoms with Crippen molar-refractivity contribution in [2.75, 3.05) is 31.2 Å². The van der Waals surface area contributed by atoms with E-state index in [1.165, 1.54) is 6.33 Å². The number of benzene rings is 1. The number of nitrogens with two attached hydrogens (primary N) is 1. The minimum Gasteiger partial charge on any atom is -0.495 e. The summed E-state index contributed by atoms with van der Waals surface area (Å²) in [5.74, 6) is 3.95. The van der Waals surface area contributed by atoms with E-state index in [2.05, 4.69) is 29.7 Å². The average Bonchev–Trinajstić information content (AvgIpc) is 3.67. The Morgan fingerprint density at radius 2 is 1.97 bits per heavy atom. The summed E-state index contributed by atoms with van der Waals surface area (Å²) in [7, 11) is 3.70. The molecule has 202 valence electrons. The normalized spacial score (nSPS) is 14.7. The van der Waals surface area contributed by atoms with Gasteiger partial charge in [-0.25, -0.2) is 19.6 Å². The minimum absolute atomic E-state index is 0.216. The molecule has 3 N–H and O–H groups in total. The summed E-state index contributed by atoms with van der Waals surface area (Å²) < 4.78 is 15.5. The van der Waals surface area contributed by atoms with Crippen LogP contribution in [0, 0.1) is 6.92 Å². The molecule has 11 heteroatoms. The highest BCUT2D eigenvalue weighted by Crippen LogP contribution is 2.37. The first-order valence-electron chi connectivity index (χ1n) is 13.1. The Balaban J connectivity index is 1.26. The van der Waals surface area contributed by atoms with Gasteiger partial charge in [-0.2, -0.15) is 5.10 Å². The Hall–Kier alpha value is -4.38. The van der Waals surface area contributed by atoms with Crippen LogP contribution >= 0.6 is 0 Å². The molecule has 6 rings (SSSR count). The highest BCUT2D eigenvalue weighted by molar-refractivity contribution is 5.98. The van der Waals surface area contributed by atoms with Crippen LogP contribution < -0.4 is 15.8 Å². The lowest BCUT2D eigenvalue weighted by atomic mass is 10.1. The van der Waals surface area contributed by atoms with E-state index >= 15 is 0 Å². The summed E-state index contributed by atoms with van der Waals surface area (Å²) in [6.45, 7) is 5.25. The molecule has 39 heavy (non-hydrogen) atoms. The first-order chi connectivity index (χ1) is 19.0. The van der Waals surface area contributed by atoms with Crippen LogP contribution in [0.1, 0.15) is 36.2 Å². The number of furan rings is 1. The number of aryl methyl sites for hydroxylation is 2. The van der Waals surface area contributed by atoms with E-state index < -0.39 is 0 Å². The van der Waals surface area contributed by atoms with Gasteiger partial charge >= 0.3 is 0 Å². The number of fused-ring (bicyclic) bond motifs is 1. The molecule has 0 amide bonds. The molecule has 0 saturated carbocycles. The van der Waals surface area contributed by atoms with E-state index in [1.54, 1.807) is 7.11 Å². The van der Waals surface area contributed by atoms with Crippen LogP contribution in [-0.2, 0) is 20.1 Å². The van der Waals surface area contributed by atoms with Crippen molar-refractivity contribution < 1.29 is 9.15 Å². The number of methoxy groups -OCH3 is 1. The summed E-state index contributed by atoms with van der Waals surface area (Å²) in [4.78, 5) is 15.8. The molecule has 1 aliphatic rings. The van der Waals surface area contributed by atoms with Crippen molar-refractivity contribution in [1.29, 1.82) is 0 Å². The zero-order chi connectivity index (χ0) is 26.9. The van der Waals surface area contributed by atoms with E-state index in [4.69, 9.17) is 20.0 Å². The Bertz CT molecular complexity index is 1590. The number of hydrogen-bond donors (Lipinski definition) is 2. The first kappa shape index (κ1) is 24.9. The Labute approximate surface area is 226 Å². The quantitative estimate of drug-likeness (QED) is 0.306. The second-order valence-corrected chi connectivity index (χ2v) is 9.99. The smallest absolute Gasteiger partial charge is 0.164 e. The summed E-state index contributed by atoms with van der Waals surface area (Å²) in [6, 6.07) is 10.1. The van der Waals surface area contributed by atoms with Crippen molar-refractivity contribution in [1.82, 2.24) is 34.2 Å². The van der Waals surface area contributed by atoms with Gasteiger partial charge in [0.15, 0.2) is 5.65 Å². The van der Waals surface area contributed by atoms with Gasteiger partial charge in [-0.3, -0.25) is 4.90 Å². The van der Waals surface area contributed by atoms with E-state index in [1.807, 2.05) is 61.4 Å². The van der Waals surface area contributed by atoms with Gasteiger partial charge in [0, 0.05) is 38.1 Å². The highest BCUT2D eigenvalue weighted by Gasteiger charge is 2.27. The Morgan fingerprint density at radius 3 is 2.69 bits per heavy atom. The van der Waals surface area contributed by atoms with Gasteiger partial charge in [-0.05, 0) is 44.0 Å². The van der Waals surface area contributed by atoms with E-state index in [0.717, 1.165) is 77.8 Å². The van der Waals surface area contributed by atoms with Crippen LogP contribution in [0.5, 0.6) is 5.75 Å². The third-order valence-corrected chi connectivity index (χ3v) is 7.43. The van der Waals surface area contributed by atoms with Gasteiger partial charge in [0.05, 0.1) is 37.3 Å². The molecule has 5 aromatic rings. The van der Waals surface area contributed by atoms with Gasteiger partial charge in [0.2, 0.25) is 0 Å². The van der Waals surface area contributed by atoms with Crippen LogP contribution in [-0.4, -0.2) is 54.4 Å². The molecular weight excluding hydrogens is 494 g/mol. The Kier molecular flexibility index (Phi) is 6.65. The number of piperidine rings is 1. The summed E-state index contributed by atoms with van der Waals surface area (Å²) in [5.41, 5.74) is 9.66. The molecule has 0 spiro atoms. The standard InChI is InChI=1S/C28H33N9O2/c1-18-4-6-21(39-18)15-31-22-7-5-19(14-23(22)38-3)26-25-27(29)32-17-33-28(25)37(34-26)20-8-11-36(12-9-20)16-24-30-10-13-35(24)2/h4-7,10,13-14,17,20,31H,8-9,11-12,15-16H2,1-3H3,(H2,29,32,33). The zero-order valence-corrected chi connectivity index (χ0v) is 22.5. The second-order valence-electron chi connectivity index (χ2n) is 9.99. The SMILES string of the molecule is COc1cc(-c2nn(C3CCN(Cc4nccn4C)CC3)c3ncnc(N)c23)ccc1NCc1ccc(C)o1. The molecule has 1 aliphatic heterocycles. The maximum absolute atomic E-state index is 6.39. The predicted octanol–water partition coefficient (Wildman–Crippen LogP) is 4.17. The molecule has 0 bridgehead atoms. The van der Waals surface area contributed by atoms with Crippen molar-refractivity contribution in [2.24, 2.45) is 7.05 Å². The predicted molar refractivity (Wildman–Crippen MR) is 149 cm³/mol. The van der Waals surface area contributed by atoms with Crippen molar-refractivity contribution in [2.45, 2.75) is 38.9 Å². The van der Waals surface area contributed by atoms with Gasteiger partial charge in [-0.1, -0.05) is 6.07 Å². The molecule has 0 atom stereocenters. The molecule has 1 fully saturated rings. The van der Waals surface area contributed by atoms with Crippen LogP contribution in [0.4, 0.5) is 11.5 Å². The molecule has 11 nitrogen and oxygen atoms in total. The van der Waals surface area contributed by atoms with Gasteiger partial charge in [-0.15, -0.1) is 0 Å². The fourth-order valence-electron chi connectivity index (χ4n) is 5.27. The fraction of sp³-hybridized carbons (Fsp3) is 0.357. The molecule has 0 radical (unpaired) electrons. The summed E-state index contributed by atoms with van der Waals surface area (Å²) >= 11 is 0. The maximum atomic E-state index is 6.39. The van der Waals surface area contributed by atoms with Crippen molar-refractivity contribution in [3.63, 3.8) is 0 Å². The molecule has 5 heterocycles. The summed E-state index contributed by atoms with van der Waals surface area (Å²) in [6.07, 6.45) is 7.27. The molecule has 0 aliphatic carbocycles. The maximum Gasteiger partial charge on any atom is 0.164 e. The number of nitrogens with zero attached hydrogens (tertiary/aromatic N) is 7. The van der Waals surface area contributed by atoms with Crippen LogP contribution in [0.3, 0.4) is 0 Å².